The van der Waals surface area contributed by atoms with Crippen LogP contribution >= 0.6 is 11.3 Å². The number of rotatable bonds is 9. The SMILES string of the molecule is CNc1ccsc1C(=N)c1ccnc(Nc2cc([N+](=O)[O-])c(N3CC4(CCCN4C)C3)cc2OC(F)F)n1. The van der Waals surface area contributed by atoms with Crippen molar-refractivity contribution in [3.63, 3.8) is 0 Å². The Morgan fingerprint density at radius 2 is 2.11 bits per heavy atom. The number of aromatic nitrogens is 2. The molecule has 200 valence electrons. The van der Waals surface area contributed by atoms with Crippen molar-refractivity contribution in [3.8, 4) is 5.75 Å². The molecule has 0 bridgehead atoms. The summed E-state index contributed by atoms with van der Waals surface area (Å²) in [6.45, 7) is -1.06. The molecule has 0 amide bonds. The van der Waals surface area contributed by atoms with Gasteiger partial charge in [0.1, 0.15) is 5.69 Å². The third-order valence-corrected chi connectivity index (χ3v) is 8.00. The van der Waals surface area contributed by atoms with Gasteiger partial charge in [-0.05, 0) is 43.9 Å². The van der Waals surface area contributed by atoms with E-state index < -0.39 is 11.5 Å². The zero-order valence-corrected chi connectivity index (χ0v) is 21.5. The number of thiophene rings is 1. The highest BCUT2D eigenvalue weighted by atomic mass is 32.1. The number of nitro benzene ring substituents is 1. The number of alkyl halides is 2. The van der Waals surface area contributed by atoms with Crippen molar-refractivity contribution < 1.29 is 18.4 Å². The number of likely N-dealkylation sites (tertiary alicyclic amines) is 1. The maximum atomic E-state index is 13.3. The number of hydrogen-bond acceptors (Lipinski definition) is 11. The highest BCUT2D eigenvalue weighted by Crippen LogP contribution is 2.45. The summed E-state index contributed by atoms with van der Waals surface area (Å²) in [5.74, 6) is -0.285. The first-order valence-corrected chi connectivity index (χ1v) is 12.8. The van der Waals surface area contributed by atoms with Crippen LogP contribution in [-0.4, -0.2) is 71.4 Å². The molecule has 2 aromatic heterocycles. The van der Waals surface area contributed by atoms with E-state index in [0.717, 1.165) is 31.1 Å². The summed E-state index contributed by atoms with van der Waals surface area (Å²) in [6.07, 6.45) is 3.45. The second-order valence-electron chi connectivity index (χ2n) is 9.26. The first-order valence-electron chi connectivity index (χ1n) is 11.9. The normalized spacial score (nSPS) is 16.5. The zero-order chi connectivity index (χ0) is 27.0. The Labute approximate surface area is 221 Å². The van der Waals surface area contributed by atoms with E-state index in [-0.39, 0.29) is 45.7 Å². The Kier molecular flexibility index (Phi) is 6.84. The molecule has 0 aliphatic carbocycles. The summed E-state index contributed by atoms with van der Waals surface area (Å²) in [5, 5.41) is 28.2. The molecule has 38 heavy (non-hydrogen) atoms. The fourth-order valence-corrected chi connectivity index (χ4v) is 5.91. The van der Waals surface area contributed by atoms with Crippen LogP contribution in [0.25, 0.3) is 0 Å². The van der Waals surface area contributed by atoms with Crippen LogP contribution in [0.5, 0.6) is 5.75 Å². The Bertz CT molecular complexity index is 1380. The molecule has 2 fully saturated rings. The molecule has 2 saturated heterocycles. The number of halogens is 2. The number of nitrogens with zero attached hydrogens (tertiary/aromatic N) is 5. The van der Waals surface area contributed by atoms with Gasteiger partial charge < -0.3 is 20.3 Å². The van der Waals surface area contributed by atoms with Gasteiger partial charge in [-0.3, -0.25) is 20.4 Å². The average molecular weight is 545 g/mol. The fraction of sp³-hybridized carbons (Fsp3) is 0.375. The molecule has 0 saturated carbocycles. The number of benzene rings is 1. The Balaban J connectivity index is 1.46. The van der Waals surface area contributed by atoms with Crippen LogP contribution in [0.1, 0.15) is 23.4 Å². The van der Waals surface area contributed by atoms with Gasteiger partial charge in [-0.1, -0.05) is 0 Å². The smallest absolute Gasteiger partial charge is 0.387 e. The summed E-state index contributed by atoms with van der Waals surface area (Å²) in [7, 11) is 3.78. The molecular formula is C24H26F2N8O3S. The molecule has 0 radical (unpaired) electrons. The van der Waals surface area contributed by atoms with Crippen LogP contribution in [0.4, 0.5) is 37.5 Å². The molecule has 1 aromatic carbocycles. The highest BCUT2D eigenvalue weighted by molar-refractivity contribution is 7.13. The minimum Gasteiger partial charge on any atom is -0.433 e. The fourth-order valence-electron chi connectivity index (χ4n) is 5.05. The van der Waals surface area contributed by atoms with Crippen molar-refractivity contribution in [3.05, 3.63) is 56.5 Å². The van der Waals surface area contributed by atoms with Gasteiger partial charge in [0.15, 0.2) is 5.75 Å². The van der Waals surface area contributed by atoms with Crippen molar-refractivity contribution >= 4 is 45.7 Å². The summed E-state index contributed by atoms with van der Waals surface area (Å²) < 4.78 is 31.5. The second-order valence-corrected chi connectivity index (χ2v) is 10.2. The molecular weight excluding hydrogens is 518 g/mol. The van der Waals surface area contributed by atoms with E-state index in [1.807, 2.05) is 23.4 Å². The molecule has 3 aromatic rings. The monoisotopic (exact) mass is 544 g/mol. The van der Waals surface area contributed by atoms with Gasteiger partial charge >= 0.3 is 6.61 Å². The first kappa shape index (κ1) is 25.7. The largest absolute Gasteiger partial charge is 0.433 e. The van der Waals surface area contributed by atoms with Crippen LogP contribution in [0.2, 0.25) is 0 Å². The number of ether oxygens (including phenoxy) is 1. The minimum atomic E-state index is -3.15. The van der Waals surface area contributed by atoms with E-state index in [4.69, 9.17) is 10.1 Å². The second kappa shape index (κ2) is 10.1. The molecule has 2 aliphatic rings. The molecule has 5 rings (SSSR count). The van der Waals surface area contributed by atoms with E-state index in [1.54, 1.807) is 13.1 Å². The van der Waals surface area contributed by atoms with Gasteiger partial charge in [-0.2, -0.15) is 8.78 Å². The van der Waals surface area contributed by atoms with Gasteiger partial charge in [-0.15, -0.1) is 11.3 Å². The lowest BCUT2D eigenvalue weighted by molar-refractivity contribution is -0.384. The average Bonchev–Trinajstić information content (AvgIpc) is 3.49. The molecule has 4 heterocycles. The van der Waals surface area contributed by atoms with Gasteiger partial charge in [0.2, 0.25) is 5.95 Å². The Morgan fingerprint density at radius 1 is 1.32 bits per heavy atom. The molecule has 0 unspecified atom stereocenters. The highest BCUT2D eigenvalue weighted by Gasteiger charge is 2.50. The number of anilines is 4. The molecule has 3 N–H and O–H groups in total. The van der Waals surface area contributed by atoms with Crippen LogP contribution in [0, 0.1) is 15.5 Å². The van der Waals surface area contributed by atoms with Crippen LogP contribution in [0.3, 0.4) is 0 Å². The number of hydrogen-bond donors (Lipinski definition) is 3. The van der Waals surface area contributed by atoms with Gasteiger partial charge in [0.05, 0.1) is 38.1 Å². The van der Waals surface area contributed by atoms with Gasteiger partial charge in [-0.25, -0.2) is 9.97 Å². The van der Waals surface area contributed by atoms with Crippen molar-refractivity contribution in [2.75, 3.05) is 49.3 Å². The van der Waals surface area contributed by atoms with Gasteiger partial charge in [0, 0.05) is 38.5 Å². The first-order chi connectivity index (χ1) is 18.2. The summed E-state index contributed by atoms with van der Waals surface area (Å²) in [5.41, 5.74) is 1.04. The Hall–Kier alpha value is -3.91. The van der Waals surface area contributed by atoms with E-state index in [0.29, 0.717) is 18.0 Å². The minimum absolute atomic E-state index is 0.0218. The molecule has 1 spiro atoms. The Morgan fingerprint density at radius 3 is 2.76 bits per heavy atom. The van der Waals surface area contributed by atoms with Crippen LogP contribution in [-0.2, 0) is 0 Å². The van der Waals surface area contributed by atoms with E-state index in [2.05, 4.69) is 25.5 Å². The topological polar surface area (TPSA) is 133 Å². The molecule has 2 aliphatic heterocycles. The quantitative estimate of drug-likeness (QED) is 0.202. The molecule has 11 nitrogen and oxygen atoms in total. The lowest BCUT2D eigenvalue weighted by atomic mass is 9.86. The lowest BCUT2D eigenvalue weighted by Gasteiger charge is -2.52. The summed E-state index contributed by atoms with van der Waals surface area (Å²) in [4.78, 5) is 24.7. The number of nitrogens with one attached hydrogen (secondary N) is 3. The van der Waals surface area contributed by atoms with E-state index in [9.17, 15) is 18.9 Å². The van der Waals surface area contributed by atoms with Crippen molar-refractivity contribution in [2.45, 2.75) is 25.0 Å². The third kappa shape index (κ3) is 4.72. The van der Waals surface area contributed by atoms with Crippen LogP contribution in [0.15, 0.2) is 35.8 Å². The molecule has 0 atom stereocenters. The third-order valence-electron chi connectivity index (χ3n) is 7.07. The van der Waals surface area contributed by atoms with Crippen molar-refractivity contribution in [1.29, 1.82) is 5.41 Å². The van der Waals surface area contributed by atoms with Crippen molar-refractivity contribution in [1.82, 2.24) is 14.9 Å². The number of likely N-dealkylation sites (N-methyl/N-ethyl adjacent to an activating group) is 1. The predicted octanol–water partition coefficient (Wildman–Crippen LogP) is 4.53. The van der Waals surface area contributed by atoms with Crippen molar-refractivity contribution in [2.24, 2.45) is 0 Å². The van der Waals surface area contributed by atoms with E-state index >= 15 is 0 Å². The standard InChI is InChI=1S/C24H26F2N8O3S/c1-28-15-5-9-38-21(15)20(27)14-4-7-29-23(30-14)31-16-10-18(34(35)36)17(11-19(16)37-22(25)26)33-12-24(13-33)6-3-8-32(24)2/h4-5,7,9-11,22,27-28H,3,6,8,12-13H2,1-2H3,(H,29,30,31). The maximum Gasteiger partial charge on any atom is 0.387 e. The predicted molar refractivity (Wildman–Crippen MR) is 142 cm³/mol. The zero-order valence-electron chi connectivity index (χ0n) is 20.7. The number of nitro groups is 1. The molecule has 14 heteroatoms. The summed E-state index contributed by atoms with van der Waals surface area (Å²) >= 11 is 1.37. The van der Waals surface area contributed by atoms with Crippen LogP contribution < -0.4 is 20.3 Å². The van der Waals surface area contributed by atoms with E-state index in [1.165, 1.54) is 23.6 Å². The summed E-state index contributed by atoms with van der Waals surface area (Å²) in [6, 6.07) is 5.82. The lowest BCUT2D eigenvalue weighted by Crippen LogP contribution is -2.67. The maximum absolute atomic E-state index is 13.3. The van der Waals surface area contributed by atoms with Gasteiger partial charge in [0.25, 0.3) is 5.69 Å².